The summed E-state index contributed by atoms with van der Waals surface area (Å²) in [7, 11) is 0. The van der Waals surface area contributed by atoms with E-state index in [2.05, 4.69) is 4.42 Å². The van der Waals surface area contributed by atoms with E-state index in [9.17, 15) is 20.2 Å². The van der Waals surface area contributed by atoms with Crippen LogP contribution in [0.3, 0.4) is 0 Å². The molecule has 12 heavy (non-hydrogen) atoms. The van der Waals surface area contributed by atoms with Crippen molar-refractivity contribution in [3.8, 4) is 0 Å². The zero-order valence-electron chi connectivity index (χ0n) is 5.67. The molecule has 1 aromatic rings. The summed E-state index contributed by atoms with van der Waals surface area (Å²) in [5.41, 5.74) is 0. The molecule has 0 N–H and O–H groups in total. The number of hydrogen-bond donors (Lipinski definition) is 0. The lowest BCUT2D eigenvalue weighted by atomic mass is 10.4. The molecule has 64 valence electrons. The van der Waals surface area contributed by atoms with Crippen LogP contribution in [0, 0.1) is 26.8 Å². The second-order valence-electron chi connectivity index (χ2n) is 1.85. The molecule has 0 atom stereocenters. The maximum Gasteiger partial charge on any atom is 0.540 e. The fourth-order valence-electron chi connectivity index (χ4n) is 0.614. The van der Waals surface area contributed by atoms with Crippen LogP contribution in [0.15, 0.2) is 16.5 Å². The van der Waals surface area contributed by atoms with E-state index in [4.69, 9.17) is 0 Å². The third-order valence-corrected chi connectivity index (χ3v) is 1.03. The zero-order chi connectivity index (χ0) is 9.14. The van der Waals surface area contributed by atoms with Gasteiger partial charge in [-0.3, -0.25) is 24.6 Å². The van der Waals surface area contributed by atoms with Crippen molar-refractivity contribution in [2.45, 2.75) is 0 Å². The number of hydrogen-bond acceptors (Lipinski definition) is 4. The molecule has 0 spiro atoms. The van der Waals surface area contributed by atoms with E-state index >= 15 is 0 Å². The predicted octanol–water partition coefficient (Wildman–Crippen LogP) is 0.974. The van der Waals surface area contributed by atoms with Crippen LogP contribution in [0.5, 0.6) is 0 Å². The molecular formula is C5H3N2O5-. The fourth-order valence-corrected chi connectivity index (χ4v) is 0.614. The smallest absolute Gasteiger partial charge is 0.293 e. The van der Waals surface area contributed by atoms with Gasteiger partial charge in [-0.05, 0) is 4.92 Å². The first-order valence-electron chi connectivity index (χ1n) is 2.82. The Kier molecular flexibility index (Phi) is 1.95. The molecule has 0 radical (unpaired) electrons. The minimum absolute atomic E-state index is 0.147. The topological polar surface area (TPSA) is 97.6 Å². The second kappa shape index (κ2) is 2.91. The summed E-state index contributed by atoms with van der Waals surface area (Å²) in [6.45, 7) is 0.549. The van der Waals surface area contributed by atoms with Crippen molar-refractivity contribution >= 4 is 5.88 Å². The quantitative estimate of drug-likeness (QED) is 0.292. The van der Waals surface area contributed by atoms with Crippen LogP contribution >= 0.6 is 0 Å². The van der Waals surface area contributed by atoms with Crippen LogP contribution in [-0.2, 0) is 0 Å². The Bertz CT molecular complexity index is 317. The minimum atomic E-state index is -0.767. The Labute approximate surface area is 65.9 Å². The fraction of sp³-hybridized carbons (Fsp3) is 0. The van der Waals surface area contributed by atoms with Gasteiger partial charge in [0.2, 0.25) is 0 Å². The van der Waals surface area contributed by atoms with E-state index in [1.54, 1.807) is 0 Å². The molecule has 0 aliphatic heterocycles. The normalized spacial score (nSPS) is 9.33. The van der Waals surface area contributed by atoms with E-state index in [-0.39, 0.29) is 5.76 Å². The number of furan rings is 1. The van der Waals surface area contributed by atoms with Gasteiger partial charge in [-0.15, -0.1) is 6.07 Å². The molecule has 0 saturated heterocycles. The first-order chi connectivity index (χ1) is 5.59. The van der Waals surface area contributed by atoms with Crippen molar-refractivity contribution in [2.24, 2.45) is 0 Å². The Morgan fingerprint density at radius 1 is 1.50 bits per heavy atom. The number of rotatable bonds is 3. The van der Waals surface area contributed by atoms with Crippen molar-refractivity contribution in [3.63, 3.8) is 0 Å². The largest absolute Gasteiger partial charge is 0.540 e. The molecule has 0 amide bonds. The third kappa shape index (κ3) is 1.72. The SMILES string of the molecule is O=[N+]([O-])[CH-]c1cc[c-]([N+](=O)[O-])[o+]1. The number of nitrogens with zero attached hydrogens (tertiary/aromatic N) is 2. The van der Waals surface area contributed by atoms with Gasteiger partial charge in [0.25, 0.3) is 0 Å². The van der Waals surface area contributed by atoms with Crippen molar-refractivity contribution in [1.82, 2.24) is 0 Å². The zero-order valence-corrected chi connectivity index (χ0v) is 5.67. The Balaban J connectivity index is 2.77. The van der Waals surface area contributed by atoms with Crippen molar-refractivity contribution in [1.29, 1.82) is 0 Å². The summed E-state index contributed by atoms with van der Waals surface area (Å²) in [5.74, 6) is -0.658. The van der Waals surface area contributed by atoms with Gasteiger partial charge < -0.3 is 0 Å². The summed E-state index contributed by atoms with van der Waals surface area (Å²) >= 11 is 0. The first-order valence-corrected chi connectivity index (χ1v) is 2.82. The standard InChI is InChI=1S/C5H3N2O5/c8-6(9)3-4-1-2-5(12-4)7(10)11/h1-3H/q-1. The lowest BCUT2D eigenvalue weighted by Gasteiger charge is -1.87. The van der Waals surface area contributed by atoms with Crippen LogP contribution in [0.4, 0.5) is 5.88 Å². The van der Waals surface area contributed by atoms with Gasteiger partial charge >= 0.3 is 5.88 Å². The molecule has 7 nitrogen and oxygen atoms in total. The predicted molar refractivity (Wildman–Crippen MR) is 35.8 cm³/mol. The van der Waals surface area contributed by atoms with Gasteiger partial charge in [-0.2, -0.15) is 0 Å². The van der Waals surface area contributed by atoms with Gasteiger partial charge in [0.1, 0.15) is 6.54 Å². The highest BCUT2D eigenvalue weighted by atomic mass is 16.7. The molecule has 0 unspecified atom stereocenters. The summed E-state index contributed by atoms with van der Waals surface area (Å²) in [5, 5.41) is 19.9. The Morgan fingerprint density at radius 3 is 2.58 bits per heavy atom. The summed E-state index contributed by atoms with van der Waals surface area (Å²) in [6.07, 6.45) is 0. The van der Waals surface area contributed by atoms with E-state index in [1.807, 2.05) is 0 Å². The van der Waals surface area contributed by atoms with Crippen LogP contribution in [0.2, 0.25) is 0 Å². The monoisotopic (exact) mass is 171 g/mol. The average Bonchev–Trinajstić information content (AvgIpc) is 2.34. The molecule has 0 bridgehead atoms. The highest BCUT2D eigenvalue weighted by Gasteiger charge is 2.15. The third-order valence-electron chi connectivity index (χ3n) is 1.03. The highest BCUT2D eigenvalue weighted by Crippen LogP contribution is 2.16. The van der Waals surface area contributed by atoms with Crippen molar-refractivity contribution in [2.75, 3.05) is 0 Å². The van der Waals surface area contributed by atoms with E-state index < -0.39 is 15.7 Å². The molecule has 1 rings (SSSR count). The number of nitro groups is 2. The maximum atomic E-state index is 10.0. The minimum Gasteiger partial charge on any atom is -0.293 e. The average molecular weight is 171 g/mol. The van der Waals surface area contributed by atoms with Gasteiger partial charge in [0, 0.05) is 6.07 Å². The van der Waals surface area contributed by atoms with E-state index in [0.717, 1.165) is 12.1 Å². The van der Waals surface area contributed by atoms with E-state index in [1.165, 1.54) is 0 Å². The van der Waals surface area contributed by atoms with Crippen molar-refractivity contribution < 1.29 is 14.3 Å². The van der Waals surface area contributed by atoms with Crippen LogP contribution < -0.4 is 0 Å². The van der Waals surface area contributed by atoms with Gasteiger partial charge in [0.05, 0.1) is 4.92 Å². The van der Waals surface area contributed by atoms with Gasteiger partial charge in [-0.25, -0.2) is 0 Å². The van der Waals surface area contributed by atoms with Crippen molar-refractivity contribution in [3.05, 3.63) is 44.7 Å². The molecule has 0 aromatic carbocycles. The molecule has 0 fully saturated rings. The molecule has 0 aliphatic rings. The summed E-state index contributed by atoms with van der Waals surface area (Å²) in [6, 6.07) is 2.20. The highest BCUT2D eigenvalue weighted by molar-refractivity contribution is 5.20. The van der Waals surface area contributed by atoms with Crippen LogP contribution in [-0.4, -0.2) is 9.85 Å². The molecule has 1 heterocycles. The lowest BCUT2D eigenvalue weighted by Crippen LogP contribution is -1.92. The molecule has 1 aromatic heterocycles. The summed E-state index contributed by atoms with van der Waals surface area (Å²) in [4.78, 5) is 18.4. The van der Waals surface area contributed by atoms with Gasteiger partial charge in [-0.1, -0.05) is 0 Å². The molecule has 0 saturated carbocycles. The Morgan fingerprint density at radius 2 is 2.17 bits per heavy atom. The van der Waals surface area contributed by atoms with Crippen LogP contribution in [0.1, 0.15) is 5.76 Å². The first kappa shape index (κ1) is 8.05. The molecular weight excluding hydrogens is 168 g/mol. The van der Waals surface area contributed by atoms with Crippen LogP contribution in [0.25, 0.3) is 0 Å². The maximum absolute atomic E-state index is 10.0. The molecule has 7 heteroatoms. The van der Waals surface area contributed by atoms with E-state index in [0.29, 0.717) is 6.54 Å². The molecule has 0 aliphatic carbocycles. The lowest BCUT2D eigenvalue weighted by molar-refractivity contribution is -0.433. The van der Waals surface area contributed by atoms with Gasteiger partial charge in [0.15, 0.2) is 5.76 Å². The summed E-state index contributed by atoms with van der Waals surface area (Å²) < 4.78 is 4.46. The Hall–Kier alpha value is -2.05. The second-order valence-corrected chi connectivity index (χ2v) is 1.85.